The van der Waals surface area contributed by atoms with Gasteiger partial charge in [0.05, 0.1) is 5.02 Å². The minimum atomic E-state index is -6.20. The predicted molar refractivity (Wildman–Crippen MR) is 146 cm³/mol. The van der Waals surface area contributed by atoms with Gasteiger partial charge >= 0.3 is 18.0 Å². The summed E-state index contributed by atoms with van der Waals surface area (Å²) in [7, 11) is 0. The molecule has 228 valence electrons. The van der Waals surface area contributed by atoms with Gasteiger partial charge in [0.2, 0.25) is 17.8 Å². The Labute approximate surface area is 242 Å². The first-order valence-electron chi connectivity index (χ1n) is 13.1. The molecule has 0 unspecified atom stereocenters. The Morgan fingerprint density at radius 2 is 1.60 bits per heavy atom. The smallest absolute Gasteiger partial charge is 0.354 e. The summed E-state index contributed by atoms with van der Waals surface area (Å²) in [4.78, 5) is 21.6. The fourth-order valence-electron chi connectivity index (χ4n) is 4.46. The maximum atomic E-state index is 14.4. The monoisotopic (exact) mass is 620 g/mol. The molecule has 1 aliphatic rings. The van der Waals surface area contributed by atoms with Crippen molar-refractivity contribution in [1.29, 1.82) is 0 Å². The molecule has 2 aromatic heterocycles. The third-order valence-electron chi connectivity index (χ3n) is 6.68. The number of unbranched alkanes of at least 4 members (excludes halogenated alkanes) is 1. The Bertz CT molecular complexity index is 1340. The molecular formula is C26H28ClF7N8. The van der Waals surface area contributed by atoms with Gasteiger partial charge in [-0.3, -0.25) is 0 Å². The Morgan fingerprint density at radius 1 is 0.929 bits per heavy atom. The summed E-state index contributed by atoms with van der Waals surface area (Å²) in [5, 5.41) is 6.40. The van der Waals surface area contributed by atoms with E-state index in [4.69, 9.17) is 11.6 Å². The molecule has 8 nitrogen and oxygen atoms in total. The largest absolute Gasteiger partial charge is 0.435 e. The van der Waals surface area contributed by atoms with Crippen molar-refractivity contribution in [1.82, 2.24) is 19.9 Å². The second kappa shape index (κ2) is 12.3. The van der Waals surface area contributed by atoms with Crippen molar-refractivity contribution >= 4 is 41.0 Å². The maximum Gasteiger partial charge on any atom is 0.435 e. The number of nitrogens with zero attached hydrogens (tertiary/aromatic N) is 6. The molecule has 1 aliphatic heterocycles. The molecule has 3 aromatic rings. The van der Waals surface area contributed by atoms with Crippen molar-refractivity contribution in [2.24, 2.45) is 0 Å². The molecule has 1 fully saturated rings. The molecule has 42 heavy (non-hydrogen) atoms. The number of pyridine rings is 1. The van der Waals surface area contributed by atoms with Crippen LogP contribution in [0.3, 0.4) is 0 Å². The predicted octanol–water partition coefficient (Wildman–Crippen LogP) is 6.88. The number of halogens is 8. The van der Waals surface area contributed by atoms with E-state index in [0.29, 0.717) is 55.1 Å². The van der Waals surface area contributed by atoms with Crippen LogP contribution in [0.1, 0.15) is 32.3 Å². The number of hydrogen-bond donors (Lipinski definition) is 2. The van der Waals surface area contributed by atoms with E-state index in [2.05, 4.69) is 30.6 Å². The van der Waals surface area contributed by atoms with Gasteiger partial charge in [-0.1, -0.05) is 37.1 Å². The average Bonchev–Trinajstić information content (AvgIpc) is 2.92. The number of hydrogen-bond acceptors (Lipinski definition) is 8. The highest BCUT2D eigenvalue weighted by Gasteiger charge is 2.73. The van der Waals surface area contributed by atoms with Crippen LogP contribution in [0.5, 0.6) is 0 Å². The Morgan fingerprint density at radius 3 is 2.19 bits per heavy atom. The number of alkyl halides is 7. The normalized spacial score (nSPS) is 16.5. The van der Waals surface area contributed by atoms with Gasteiger partial charge in [0.25, 0.3) is 0 Å². The van der Waals surface area contributed by atoms with Crippen LogP contribution in [0.2, 0.25) is 5.02 Å². The molecule has 1 aromatic carbocycles. The molecule has 2 N–H and O–H groups in total. The van der Waals surface area contributed by atoms with Gasteiger partial charge < -0.3 is 20.4 Å². The second-order valence-corrected chi connectivity index (χ2v) is 10.1. The van der Waals surface area contributed by atoms with Gasteiger partial charge in [0, 0.05) is 49.7 Å². The van der Waals surface area contributed by atoms with E-state index in [1.807, 2.05) is 23.6 Å². The zero-order valence-electron chi connectivity index (χ0n) is 22.6. The number of aromatic nitrogens is 4. The van der Waals surface area contributed by atoms with Crippen molar-refractivity contribution < 1.29 is 30.7 Å². The lowest BCUT2D eigenvalue weighted by Gasteiger charge is -2.40. The summed E-state index contributed by atoms with van der Waals surface area (Å²) in [6.45, 7) is 6.13. The van der Waals surface area contributed by atoms with E-state index in [1.165, 1.54) is 0 Å². The van der Waals surface area contributed by atoms with E-state index in [9.17, 15) is 30.7 Å². The lowest BCUT2D eigenvalue weighted by Crippen LogP contribution is -2.53. The highest BCUT2D eigenvalue weighted by molar-refractivity contribution is 6.32. The van der Waals surface area contributed by atoms with E-state index in [-0.39, 0.29) is 23.6 Å². The highest BCUT2D eigenvalue weighted by Crippen LogP contribution is 2.53. The van der Waals surface area contributed by atoms with Crippen LogP contribution in [0.25, 0.3) is 0 Å². The highest BCUT2D eigenvalue weighted by atomic mass is 35.5. The van der Waals surface area contributed by atoms with Crippen LogP contribution < -0.4 is 20.4 Å². The van der Waals surface area contributed by atoms with Crippen LogP contribution in [-0.2, 0) is 5.67 Å². The summed E-state index contributed by atoms with van der Waals surface area (Å²) in [6.07, 6.45) is -9.02. The van der Waals surface area contributed by atoms with Crippen molar-refractivity contribution in [2.45, 2.75) is 50.8 Å². The molecular weight excluding hydrogens is 593 g/mol. The van der Waals surface area contributed by atoms with E-state index < -0.39 is 23.6 Å². The molecule has 0 radical (unpaired) electrons. The number of benzene rings is 1. The molecule has 0 bridgehead atoms. The fourth-order valence-corrected chi connectivity index (χ4v) is 4.70. The van der Waals surface area contributed by atoms with Gasteiger partial charge in [-0.05, 0) is 37.6 Å². The lowest BCUT2D eigenvalue weighted by molar-refractivity contribution is -0.348. The molecule has 0 aliphatic carbocycles. The maximum absolute atomic E-state index is 14.4. The van der Waals surface area contributed by atoms with Crippen LogP contribution in [0.4, 0.5) is 60.1 Å². The van der Waals surface area contributed by atoms with Gasteiger partial charge in [0.1, 0.15) is 5.82 Å². The Kier molecular flexibility index (Phi) is 9.18. The lowest BCUT2D eigenvalue weighted by atomic mass is 9.94. The summed E-state index contributed by atoms with van der Waals surface area (Å²) in [6, 6.07) is 6.04. The quantitative estimate of drug-likeness (QED) is 0.198. The fraction of sp³-hybridized carbons (Fsp3) is 0.462. The van der Waals surface area contributed by atoms with Crippen molar-refractivity contribution in [3.8, 4) is 0 Å². The number of nitrogens with one attached hydrogen (secondary N) is 2. The Hall–Kier alpha value is -3.62. The summed E-state index contributed by atoms with van der Waals surface area (Å²) in [5.41, 5.74) is -7.07. The van der Waals surface area contributed by atoms with Gasteiger partial charge in [-0.15, -0.1) is 0 Å². The van der Waals surface area contributed by atoms with Crippen LogP contribution in [0, 0.1) is 0 Å². The first-order chi connectivity index (χ1) is 19.7. The summed E-state index contributed by atoms with van der Waals surface area (Å²) < 4.78 is 93.2. The first-order valence-corrected chi connectivity index (χ1v) is 13.4. The molecule has 3 heterocycles. The van der Waals surface area contributed by atoms with Crippen LogP contribution in [-0.4, -0.2) is 64.5 Å². The molecule has 1 saturated heterocycles. The number of rotatable bonds is 9. The average molecular weight is 621 g/mol. The molecule has 0 spiro atoms. The zero-order valence-corrected chi connectivity index (χ0v) is 23.3. The molecule has 1 atom stereocenters. The van der Waals surface area contributed by atoms with Gasteiger partial charge in [-0.25, -0.2) is 9.37 Å². The van der Waals surface area contributed by atoms with Crippen molar-refractivity contribution in [2.75, 3.05) is 46.6 Å². The molecule has 0 saturated carbocycles. The van der Waals surface area contributed by atoms with Crippen LogP contribution in [0.15, 0.2) is 42.6 Å². The SMILES string of the molecule is CCCCNc1nc(Nc2ccc(C(F)(C(F)(F)F)C(F)(F)F)cc2)nc(N2CCN(c3ncccc3Cl)C[C@H]2C)n1. The van der Waals surface area contributed by atoms with Gasteiger partial charge in [0.15, 0.2) is 0 Å². The molecule has 4 rings (SSSR count). The Balaban J connectivity index is 1.59. The molecule has 16 heteroatoms. The number of piperazine rings is 1. The van der Waals surface area contributed by atoms with E-state index in [1.54, 1.807) is 18.3 Å². The zero-order chi connectivity index (χ0) is 30.7. The third-order valence-corrected chi connectivity index (χ3v) is 6.98. The topological polar surface area (TPSA) is 82.1 Å². The van der Waals surface area contributed by atoms with E-state index >= 15 is 0 Å². The minimum Gasteiger partial charge on any atom is -0.354 e. The number of anilines is 5. The van der Waals surface area contributed by atoms with Crippen molar-refractivity contribution in [3.05, 3.63) is 53.2 Å². The summed E-state index contributed by atoms with van der Waals surface area (Å²) >= 11 is 6.32. The first kappa shape index (κ1) is 31.3. The van der Waals surface area contributed by atoms with Gasteiger partial charge in [-0.2, -0.15) is 41.3 Å². The standard InChI is InChI=1S/C26H28ClF7N8/c1-3-4-11-36-21-38-22(37-18-9-7-17(8-10-18)24(28,25(29,30)31)26(32,33)34)40-23(39-21)42-14-13-41(15-16(42)2)20-19(27)6-5-12-35-20/h5-10,12,16H,3-4,11,13-15H2,1-2H3,(H2,36,37,38,39,40)/t16-/m1/s1. The van der Waals surface area contributed by atoms with Crippen molar-refractivity contribution in [3.63, 3.8) is 0 Å². The minimum absolute atomic E-state index is 0.00713. The third kappa shape index (κ3) is 6.55. The molecule has 0 amide bonds. The summed E-state index contributed by atoms with van der Waals surface area (Å²) in [5.74, 6) is 1.18. The second-order valence-electron chi connectivity index (χ2n) is 9.72. The van der Waals surface area contributed by atoms with Crippen LogP contribution >= 0.6 is 11.6 Å². The van der Waals surface area contributed by atoms with E-state index in [0.717, 1.165) is 25.0 Å².